The maximum absolute atomic E-state index is 12.9. The van der Waals surface area contributed by atoms with Gasteiger partial charge in [0.05, 0.1) is 22.9 Å². The number of ether oxygens (including phenoxy) is 1. The third kappa shape index (κ3) is 3.87. The summed E-state index contributed by atoms with van der Waals surface area (Å²) in [5.74, 6) is -0.0512. The van der Waals surface area contributed by atoms with E-state index < -0.39 is 0 Å². The number of thiazole rings is 1. The molecule has 1 atom stereocenters. The standard InChI is InChI=1S/C20H20N2O2S2/c1-14-6-8-17-18(12-14)26-20(21-17)22(13-15-4-2-10-24-15)19(23)9-7-16-5-3-11-25-16/h3,5-9,11-12,15H,2,4,10,13H2,1H3/b9-7+. The molecule has 0 N–H and O–H groups in total. The molecule has 1 aliphatic rings. The number of fused-ring (bicyclic) bond motifs is 1. The van der Waals surface area contributed by atoms with Crippen LogP contribution in [0.25, 0.3) is 16.3 Å². The Morgan fingerprint density at radius 3 is 3.12 bits per heavy atom. The number of hydrogen-bond donors (Lipinski definition) is 0. The lowest BCUT2D eigenvalue weighted by molar-refractivity contribution is -0.114. The first-order valence-electron chi connectivity index (χ1n) is 8.71. The number of anilines is 1. The van der Waals surface area contributed by atoms with Crippen LogP contribution in [0, 0.1) is 6.92 Å². The van der Waals surface area contributed by atoms with Crippen molar-refractivity contribution in [3.63, 3.8) is 0 Å². The van der Waals surface area contributed by atoms with Crippen molar-refractivity contribution in [2.75, 3.05) is 18.1 Å². The Morgan fingerprint density at radius 1 is 1.42 bits per heavy atom. The zero-order valence-electron chi connectivity index (χ0n) is 14.6. The third-order valence-corrected chi connectivity index (χ3v) is 6.25. The minimum atomic E-state index is -0.0512. The minimum absolute atomic E-state index is 0.0512. The Bertz CT molecular complexity index is 925. The summed E-state index contributed by atoms with van der Waals surface area (Å²) < 4.78 is 6.86. The lowest BCUT2D eigenvalue weighted by Gasteiger charge is -2.21. The smallest absolute Gasteiger partial charge is 0.252 e. The van der Waals surface area contributed by atoms with Crippen LogP contribution in [-0.2, 0) is 9.53 Å². The molecule has 6 heteroatoms. The number of carbonyl (C=O) groups excluding carboxylic acids is 1. The Morgan fingerprint density at radius 2 is 2.35 bits per heavy atom. The molecule has 2 aromatic heterocycles. The molecular formula is C20H20N2O2S2. The van der Waals surface area contributed by atoms with Crippen molar-refractivity contribution < 1.29 is 9.53 Å². The average Bonchev–Trinajstić information content (AvgIpc) is 3.38. The normalized spacial score (nSPS) is 17.3. The molecule has 1 aromatic carbocycles. The highest BCUT2D eigenvalue weighted by atomic mass is 32.1. The van der Waals surface area contributed by atoms with E-state index in [1.807, 2.05) is 29.7 Å². The van der Waals surface area contributed by atoms with Crippen LogP contribution in [0.2, 0.25) is 0 Å². The molecule has 0 radical (unpaired) electrons. The monoisotopic (exact) mass is 384 g/mol. The van der Waals surface area contributed by atoms with Crippen molar-refractivity contribution in [3.8, 4) is 0 Å². The molecule has 0 spiro atoms. The van der Waals surface area contributed by atoms with Gasteiger partial charge in [0.15, 0.2) is 5.13 Å². The Labute approximate surface area is 160 Å². The summed E-state index contributed by atoms with van der Waals surface area (Å²) in [4.78, 5) is 20.5. The Kier molecular flexibility index (Phi) is 5.15. The van der Waals surface area contributed by atoms with Crippen molar-refractivity contribution in [1.29, 1.82) is 0 Å². The van der Waals surface area contributed by atoms with Crippen LogP contribution in [0.3, 0.4) is 0 Å². The highest BCUT2D eigenvalue weighted by molar-refractivity contribution is 7.22. The van der Waals surface area contributed by atoms with E-state index in [9.17, 15) is 4.79 Å². The van der Waals surface area contributed by atoms with Gasteiger partial charge in [0.2, 0.25) is 0 Å². The van der Waals surface area contributed by atoms with Crippen molar-refractivity contribution in [2.45, 2.75) is 25.9 Å². The molecular weight excluding hydrogens is 364 g/mol. The number of benzene rings is 1. The second-order valence-electron chi connectivity index (χ2n) is 6.40. The molecule has 4 rings (SSSR count). The fourth-order valence-corrected chi connectivity index (χ4v) is 4.72. The van der Waals surface area contributed by atoms with Crippen molar-refractivity contribution in [1.82, 2.24) is 4.98 Å². The molecule has 26 heavy (non-hydrogen) atoms. The maximum Gasteiger partial charge on any atom is 0.252 e. The molecule has 4 nitrogen and oxygen atoms in total. The molecule has 1 saturated heterocycles. The fourth-order valence-electron chi connectivity index (χ4n) is 3.02. The van der Waals surface area contributed by atoms with Gasteiger partial charge in [-0.15, -0.1) is 11.3 Å². The number of thiophene rings is 1. The average molecular weight is 385 g/mol. The van der Waals surface area contributed by atoms with Gasteiger partial charge in [0.25, 0.3) is 5.91 Å². The Hall–Kier alpha value is -2.02. The SMILES string of the molecule is Cc1ccc2nc(N(CC3CCCO3)C(=O)/C=C/c3cccs3)sc2c1. The van der Waals surface area contributed by atoms with Gasteiger partial charge >= 0.3 is 0 Å². The van der Waals surface area contributed by atoms with Gasteiger partial charge in [0.1, 0.15) is 0 Å². The van der Waals surface area contributed by atoms with Gasteiger partial charge in [0, 0.05) is 17.6 Å². The molecule has 3 aromatic rings. The molecule has 0 aliphatic carbocycles. The fraction of sp³-hybridized carbons (Fsp3) is 0.300. The number of carbonyl (C=O) groups is 1. The number of hydrogen-bond acceptors (Lipinski definition) is 5. The van der Waals surface area contributed by atoms with Gasteiger partial charge in [-0.1, -0.05) is 23.5 Å². The van der Waals surface area contributed by atoms with Crippen LogP contribution in [-0.4, -0.2) is 30.1 Å². The zero-order valence-corrected chi connectivity index (χ0v) is 16.2. The van der Waals surface area contributed by atoms with E-state index in [1.54, 1.807) is 33.6 Å². The predicted octanol–water partition coefficient (Wildman–Crippen LogP) is 4.89. The van der Waals surface area contributed by atoms with Gasteiger partial charge in [-0.25, -0.2) is 4.98 Å². The van der Waals surface area contributed by atoms with Gasteiger partial charge in [-0.3, -0.25) is 9.69 Å². The summed E-state index contributed by atoms with van der Waals surface area (Å²) in [6, 6.07) is 10.2. The topological polar surface area (TPSA) is 42.4 Å². The molecule has 0 bridgehead atoms. The molecule has 0 saturated carbocycles. The van der Waals surface area contributed by atoms with Crippen LogP contribution >= 0.6 is 22.7 Å². The van der Waals surface area contributed by atoms with Crippen LogP contribution in [0.4, 0.5) is 5.13 Å². The molecule has 1 amide bonds. The highest BCUT2D eigenvalue weighted by Crippen LogP contribution is 2.31. The van der Waals surface area contributed by atoms with E-state index in [-0.39, 0.29) is 12.0 Å². The van der Waals surface area contributed by atoms with E-state index in [1.165, 1.54) is 5.56 Å². The van der Waals surface area contributed by atoms with E-state index in [0.29, 0.717) is 6.54 Å². The maximum atomic E-state index is 12.9. The summed E-state index contributed by atoms with van der Waals surface area (Å²) in [6.45, 7) is 3.39. The first-order chi connectivity index (χ1) is 12.7. The number of nitrogens with zero attached hydrogens (tertiary/aromatic N) is 2. The van der Waals surface area contributed by atoms with E-state index in [2.05, 4.69) is 19.1 Å². The highest BCUT2D eigenvalue weighted by Gasteiger charge is 2.25. The predicted molar refractivity (Wildman–Crippen MR) is 109 cm³/mol. The number of aryl methyl sites for hydroxylation is 1. The van der Waals surface area contributed by atoms with E-state index in [4.69, 9.17) is 9.72 Å². The van der Waals surface area contributed by atoms with Crippen LogP contribution in [0.5, 0.6) is 0 Å². The number of rotatable bonds is 5. The second-order valence-corrected chi connectivity index (χ2v) is 8.39. The quantitative estimate of drug-likeness (QED) is 0.588. The summed E-state index contributed by atoms with van der Waals surface area (Å²) in [5, 5.41) is 2.74. The van der Waals surface area contributed by atoms with Crippen LogP contribution in [0.15, 0.2) is 41.8 Å². The van der Waals surface area contributed by atoms with E-state index in [0.717, 1.165) is 39.7 Å². The van der Waals surface area contributed by atoms with Gasteiger partial charge < -0.3 is 4.74 Å². The summed E-state index contributed by atoms with van der Waals surface area (Å²) in [5.41, 5.74) is 2.13. The Balaban J connectivity index is 1.63. The van der Waals surface area contributed by atoms with E-state index >= 15 is 0 Å². The first kappa shape index (κ1) is 17.4. The molecule has 1 unspecified atom stereocenters. The van der Waals surface area contributed by atoms with Crippen molar-refractivity contribution in [3.05, 3.63) is 52.2 Å². The molecule has 134 valence electrons. The molecule has 3 heterocycles. The third-order valence-electron chi connectivity index (χ3n) is 4.37. The van der Waals surface area contributed by atoms with Crippen LogP contribution < -0.4 is 4.90 Å². The van der Waals surface area contributed by atoms with Crippen molar-refractivity contribution in [2.24, 2.45) is 0 Å². The largest absolute Gasteiger partial charge is 0.376 e. The lowest BCUT2D eigenvalue weighted by atomic mass is 10.2. The lowest BCUT2D eigenvalue weighted by Crippen LogP contribution is -2.36. The molecule has 1 fully saturated rings. The number of amides is 1. The van der Waals surface area contributed by atoms with Crippen molar-refractivity contribution >= 4 is 50.0 Å². The van der Waals surface area contributed by atoms with Gasteiger partial charge in [-0.05, 0) is 55.0 Å². The summed E-state index contributed by atoms with van der Waals surface area (Å²) in [6.07, 6.45) is 5.63. The van der Waals surface area contributed by atoms with Gasteiger partial charge in [-0.2, -0.15) is 0 Å². The molecule has 1 aliphatic heterocycles. The second kappa shape index (κ2) is 7.70. The zero-order chi connectivity index (χ0) is 17.9. The summed E-state index contributed by atoms with van der Waals surface area (Å²) >= 11 is 3.18. The number of aromatic nitrogens is 1. The minimum Gasteiger partial charge on any atom is -0.376 e. The first-order valence-corrected chi connectivity index (χ1v) is 10.4. The van der Waals surface area contributed by atoms with Crippen LogP contribution in [0.1, 0.15) is 23.3 Å². The summed E-state index contributed by atoms with van der Waals surface area (Å²) in [7, 11) is 0.